The molecule has 0 saturated carbocycles. The van der Waals surface area contributed by atoms with Gasteiger partial charge in [-0.05, 0) is 73.6 Å². The second kappa shape index (κ2) is 10.4. The van der Waals surface area contributed by atoms with Crippen molar-refractivity contribution >= 4 is 0 Å². The van der Waals surface area contributed by atoms with E-state index < -0.39 is 0 Å². The van der Waals surface area contributed by atoms with Crippen molar-refractivity contribution < 1.29 is 0 Å². The highest BCUT2D eigenvalue weighted by atomic mass is 14.3. The molecule has 1 aliphatic rings. The average molecular weight is 349 g/mol. The summed E-state index contributed by atoms with van der Waals surface area (Å²) in [6.07, 6.45) is 8.21. The Labute approximate surface area is 161 Å². The maximum Gasteiger partial charge on any atom is 0.0245 e. The van der Waals surface area contributed by atoms with Gasteiger partial charge < -0.3 is 0 Å². The van der Waals surface area contributed by atoms with Crippen LogP contribution in [0.25, 0.3) is 0 Å². The van der Waals surface area contributed by atoms with Gasteiger partial charge in [-0.15, -0.1) is 0 Å². The summed E-state index contributed by atoms with van der Waals surface area (Å²) in [6, 6.07) is 10.4. The van der Waals surface area contributed by atoms with Gasteiger partial charge >= 0.3 is 0 Å². The van der Waals surface area contributed by atoms with E-state index in [1.807, 2.05) is 0 Å². The number of rotatable bonds is 5. The number of hydrogen-bond donors (Lipinski definition) is 0. The van der Waals surface area contributed by atoms with Gasteiger partial charge in [-0.2, -0.15) is 0 Å². The Morgan fingerprint density at radius 3 is 1.92 bits per heavy atom. The Balaban J connectivity index is 2.29. The van der Waals surface area contributed by atoms with Crippen LogP contribution in [0, 0.1) is 23.7 Å². The molecule has 0 amide bonds. The summed E-state index contributed by atoms with van der Waals surface area (Å²) in [6.45, 7) is 11.8. The van der Waals surface area contributed by atoms with E-state index in [1.54, 1.807) is 22.3 Å². The molecule has 0 bridgehead atoms. The minimum absolute atomic E-state index is 0.669. The molecule has 1 aliphatic carbocycles. The summed E-state index contributed by atoms with van der Waals surface area (Å²) >= 11 is 0. The standard InChI is InChI=1S/C26H36/c1-6-22-18-20(5)24(17-13-16-21-14-11-10-12-15-21)19-23(7-2)26(9-4)25(22)8-3/h10-12,14-15,20,24H,6-9,17-19H2,1-5H3/b25-22-,26-23-/t20-,24-/m1/s1. The minimum atomic E-state index is 0.669. The van der Waals surface area contributed by atoms with Gasteiger partial charge in [0.25, 0.3) is 0 Å². The van der Waals surface area contributed by atoms with Gasteiger partial charge in [0.1, 0.15) is 0 Å². The largest absolute Gasteiger partial charge is 0.0976 e. The SMILES string of the molecule is CC/C1=C(CC)/C(CC)=C(/CC)C[C@@H](C)[C@H](CC#Cc2ccccc2)C1. The molecular formula is C26H36. The van der Waals surface area contributed by atoms with Gasteiger partial charge in [-0.25, -0.2) is 0 Å². The Bertz CT molecular complexity index is 691. The van der Waals surface area contributed by atoms with Gasteiger partial charge in [0, 0.05) is 12.0 Å². The molecule has 0 fully saturated rings. The van der Waals surface area contributed by atoms with E-state index in [2.05, 4.69) is 76.8 Å². The van der Waals surface area contributed by atoms with Crippen LogP contribution in [0.15, 0.2) is 52.6 Å². The van der Waals surface area contributed by atoms with E-state index >= 15 is 0 Å². The lowest BCUT2D eigenvalue weighted by Crippen LogP contribution is -2.17. The fourth-order valence-corrected chi connectivity index (χ4v) is 4.47. The van der Waals surface area contributed by atoms with E-state index in [-0.39, 0.29) is 0 Å². The molecule has 140 valence electrons. The second-order valence-corrected chi connectivity index (χ2v) is 7.60. The Morgan fingerprint density at radius 2 is 1.38 bits per heavy atom. The van der Waals surface area contributed by atoms with E-state index in [0.29, 0.717) is 11.8 Å². The van der Waals surface area contributed by atoms with Crippen molar-refractivity contribution in [1.82, 2.24) is 0 Å². The molecule has 26 heavy (non-hydrogen) atoms. The van der Waals surface area contributed by atoms with Crippen LogP contribution in [-0.2, 0) is 0 Å². The number of allylic oxidation sites excluding steroid dienone is 4. The molecule has 1 aromatic rings. The first-order chi connectivity index (χ1) is 12.6. The third-order valence-corrected chi connectivity index (χ3v) is 6.03. The topological polar surface area (TPSA) is 0 Å². The zero-order chi connectivity index (χ0) is 18.9. The summed E-state index contributed by atoms with van der Waals surface area (Å²) < 4.78 is 0. The Kier molecular flexibility index (Phi) is 8.24. The molecule has 0 N–H and O–H groups in total. The third-order valence-electron chi connectivity index (χ3n) is 6.03. The van der Waals surface area contributed by atoms with Crippen LogP contribution < -0.4 is 0 Å². The van der Waals surface area contributed by atoms with Crippen molar-refractivity contribution in [3.05, 3.63) is 58.2 Å². The first kappa shape index (κ1) is 20.6. The smallest absolute Gasteiger partial charge is 0.0245 e. The highest BCUT2D eigenvalue weighted by molar-refractivity contribution is 5.40. The fraction of sp³-hybridized carbons (Fsp3) is 0.538. The van der Waals surface area contributed by atoms with Crippen molar-refractivity contribution in [2.75, 3.05) is 0 Å². The molecule has 0 heterocycles. The van der Waals surface area contributed by atoms with Crippen molar-refractivity contribution in [2.24, 2.45) is 11.8 Å². The van der Waals surface area contributed by atoms with Crippen LogP contribution in [0.2, 0.25) is 0 Å². The van der Waals surface area contributed by atoms with Crippen LogP contribution in [0.3, 0.4) is 0 Å². The van der Waals surface area contributed by atoms with Crippen molar-refractivity contribution in [1.29, 1.82) is 0 Å². The van der Waals surface area contributed by atoms with Crippen LogP contribution >= 0.6 is 0 Å². The Morgan fingerprint density at radius 1 is 0.808 bits per heavy atom. The van der Waals surface area contributed by atoms with E-state index in [0.717, 1.165) is 12.0 Å². The van der Waals surface area contributed by atoms with Crippen LogP contribution in [0.4, 0.5) is 0 Å². The highest BCUT2D eigenvalue weighted by Crippen LogP contribution is 2.39. The van der Waals surface area contributed by atoms with Gasteiger partial charge in [0.05, 0.1) is 0 Å². The highest BCUT2D eigenvalue weighted by Gasteiger charge is 2.24. The lowest BCUT2D eigenvalue weighted by Gasteiger charge is -2.31. The average Bonchev–Trinajstić information content (AvgIpc) is 2.67. The summed E-state index contributed by atoms with van der Waals surface area (Å²) in [5, 5.41) is 0. The number of benzene rings is 1. The van der Waals surface area contributed by atoms with Gasteiger partial charge in [-0.3, -0.25) is 0 Å². The van der Waals surface area contributed by atoms with Gasteiger partial charge in [0.2, 0.25) is 0 Å². The molecule has 2 atom stereocenters. The van der Waals surface area contributed by atoms with Crippen molar-refractivity contribution in [3.63, 3.8) is 0 Å². The fourth-order valence-electron chi connectivity index (χ4n) is 4.47. The predicted molar refractivity (Wildman–Crippen MR) is 115 cm³/mol. The van der Waals surface area contributed by atoms with Gasteiger partial charge in [-0.1, -0.05) is 75.8 Å². The van der Waals surface area contributed by atoms with E-state index in [9.17, 15) is 0 Å². The molecule has 0 unspecified atom stereocenters. The molecular weight excluding hydrogens is 312 g/mol. The zero-order valence-electron chi connectivity index (χ0n) is 17.5. The van der Waals surface area contributed by atoms with Crippen LogP contribution in [0.5, 0.6) is 0 Å². The first-order valence-electron chi connectivity index (χ1n) is 10.6. The van der Waals surface area contributed by atoms with Crippen LogP contribution in [-0.4, -0.2) is 0 Å². The third kappa shape index (κ3) is 5.14. The molecule has 0 spiro atoms. The number of hydrogen-bond acceptors (Lipinski definition) is 0. The molecule has 1 aromatic carbocycles. The maximum atomic E-state index is 3.50. The molecule has 0 saturated heterocycles. The molecule has 0 nitrogen and oxygen atoms in total. The summed E-state index contributed by atoms with van der Waals surface area (Å²) in [4.78, 5) is 0. The summed E-state index contributed by atoms with van der Waals surface area (Å²) in [7, 11) is 0. The second-order valence-electron chi connectivity index (χ2n) is 7.60. The van der Waals surface area contributed by atoms with Crippen molar-refractivity contribution in [2.45, 2.75) is 79.6 Å². The van der Waals surface area contributed by atoms with E-state index in [1.165, 1.54) is 38.5 Å². The molecule has 0 heteroatoms. The molecule has 2 rings (SSSR count). The minimum Gasteiger partial charge on any atom is -0.0976 e. The summed E-state index contributed by atoms with van der Waals surface area (Å²) in [5.41, 5.74) is 7.86. The summed E-state index contributed by atoms with van der Waals surface area (Å²) in [5.74, 6) is 8.24. The van der Waals surface area contributed by atoms with E-state index in [4.69, 9.17) is 0 Å². The predicted octanol–water partition coefficient (Wildman–Crippen LogP) is 7.71. The van der Waals surface area contributed by atoms with Crippen LogP contribution in [0.1, 0.15) is 85.1 Å². The lowest BCUT2D eigenvalue weighted by atomic mass is 9.74. The maximum absolute atomic E-state index is 3.50. The first-order valence-corrected chi connectivity index (χ1v) is 10.6. The quantitative estimate of drug-likeness (QED) is 0.478. The normalized spacial score (nSPS) is 26.7. The molecule has 0 radical (unpaired) electrons. The van der Waals surface area contributed by atoms with Gasteiger partial charge in [0.15, 0.2) is 0 Å². The molecule has 0 aliphatic heterocycles. The van der Waals surface area contributed by atoms with Crippen molar-refractivity contribution in [3.8, 4) is 11.8 Å². The lowest BCUT2D eigenvalue weighted by molar-refractivity contribution is 0.349. The Hall–Kier alpha value is -1.74. The zero-order valence-corrected chi connectivity index (χ0v) is 17.5. The monoisotopic (exact) mass is 348 g/mol. The molecule has 0 aromatic heterocycles.